The van der Waals surface area contributed by atoms with Gasteiger partial charge in [0.15, 0.2) is 0 Å². The van der Waals surface area contributed by atoms with Gasteiger partial charge in [0.05, 0.1) is 32.0 Å². The molecule has 0 bridgehead atoms. The molecule has 1 N–H and O–H groups in total. The molecule has 31 heavy (non-hydrogen) atoms. The highest BCUT2D eigenvalue weighted by atomic mass is 16.5. The van der Waals surface area contributed by atoms with Crippen molar-refractivity contribution in [2.24, 2.45) is 5.10 Å². The van der Waals surface area contributed by atoms with E-state index in [1.54, 1.807) is 24.1 Å². The van der Waals surface area contributed by atoms with Crippen LogP contribution in [0.25, 0.3) is 0 Å². The minimum atomic E-state index is -0.192. The van der Waals surface area contributed by atoms with Crippen molar-refractivity contribution in [3.05, 3.63) is 65.7 Å². The fourth-order valence-electron chi connectivity index (χ4n) is 3.74. The second-order valence-electron chi connectivity index (χ2n) is 8.16. The van der Waals surface area contributed by atoms with Crippen LogP contribution in [0.2, 0.25) is 0 Å². The van der Waals surface area contributed by atoms with Crippen LogP contribution in [0.3, 0.4) is 0 Å². The van der Waals surface area contributed by atoms with E-state index in [2.05, 4.69) is 5.32 Å². The van der Waals surface area contributed by atoms with Crippen molar-refractivity contribution in [3.8, 4) is 5.75 Å². The van der Waals surface area contributed by atoms with Crippen LogP contribution in [0.5, 0.6) is 5.75 Å². The number of ether oxygens (including phenoxy) is 1. The van der Waals surface area contributed by atoms with E-state index in [-0.39, 0.29) is 30.9 Å². The van der Waals surface area contributed by atoms with Crippen LogP contribution >= 0.6 is 0 Å². The zero-order valence-electron chi connectivity index (χ0n) is 18.0. The summed E-state index contributed by atoms with van der Waals surface area (Å²) in [6.45, 7) is 0.314. The topological polar surface area (TPSA) is 74.2 Å². The summed E-state index contributed by atoms with van der Waals surface area (Å²) < 4.78 is 5.26. The molecular weight excluding hydrogens is 392 g/mol. The van der Waals surface area contributed by atoms with Gasteiger partial charge >= 0.3 is 0 Å². The zero-order chi connectivity index (χ0) is 21.8. The van der Waals surface area contributed by atoms with Gasteiger partial charge in [-0.05, 0) is 43.1 Å². The number of nitrogens with zero attached hydrogens (tertiary/aromatic N) is 3. The molecule has 2 aliphatic rings. The number of nitrogens with one attached hydrogen (secondary N) is 1. The molecule has 7 heteroatoms. The monoisotopic (exact) mass is 420 g/mol. The molecule has 7 nitrogen and oxygen atoms in total. The molecule has 0 radical (unpaired) electrons. The smallest absolute Gasteiger partial charge is 0.257 e. The Morgan fingerprint density at radius 3 is 2.45 bits per heavy atom. The first-order valence-electron chi connectivity index (χ1n) is 10.6. The number of methoxy groups -OCH3 is 1. The minimum absolute atomic E-state index is 0.0422. The van der Waals surface area contributed by atoms with Crippen LogP contribution < -0.4 is 10.1 Å². The molecule has 1 aliphatic carbocycles. The summed E-state index contributed by atoms with van der Waals surface area (Å²) in [7, 11) is 3.41. The van der Waals surface area contributed by atoms with E-state index in [0.717, 1.165) is 35.4 Å². The maximum atomic E-state index is 13.2. The zero-order valence-corrected chi connectivity index (χ0v) is 18.0. The Labute approximate surface area is 182 Å². The molecule has 0 spiro atoms. The first-order chi connectivity index (χ1) is 15.0. The Kier molecular flexibility index (Phi) is 6.32. The molecule has 1 saturated carbocycles. The molecule has 162 valence electrons. The van der Waals surface area contributed by atoms with E-state index >= 15 is 0 Å². The quantitative estimate of drug-likeness (QED) is 0.712. The number of hydrogen-bond donors (Lipinski definition) is 1. The summed E-state index contributed by atoms with van der Waals surface area (Å²) in [6, 6.07) is 17.8. The predicted molar refractivity (Wildman–Crippen MR) is 119 cm³/mol. The van der Waals surface area contributed by atoms with Crippen LogP contribution in [0.15, 0.2) is 59.7 Å². The molecule has 0 aromatic heterocycles. The number of rotatable bonds is 8. The molecular formula is C24H28N4O3. The Balaban J connectivity index is 1.50. The third kappa shape index (κ3) is 5.30. The van der Waals surface area contributed by atoms with E-state index in [1.165, 1.54) is 0 Å². The molecule has 0 saturated heterocycles. The molecule has 2 aromatic carbocycles. The van der Waals surface area contributed by atoms with Crippen LogP contribution in [0.1, 0.15) is 36.4 Å². The molecule has 1 aliphatic heterocycles. The Morgan fingerprint density at radius 2 is 1.81 bits per heavy atom. The third-order valence-electron chi connectivity index (χ3n) is 5.53. The van der Waals surface area contributed by atoms with Gasteiger partial charge in [0, 0.05) is 12.5 Å². The average Bonchev–Trinajstić information content (AvgIpc) is 3.47. The first kappa shape index (κ1) is 21.1. The number of amides is 2. The fourth-order valence-corrected chi connectivity index (χ4v) is 3.74. The van der Waals surface area contributed by atoms with E-state index in [4.69, 9.17) is 9.84 Å². The van der Waals surface area contributed by atoms with Crippen molar-refractivity contribution in [1.82, 2.24) is 15.2 Å². The lowest BCUT2D eigenvalue weighted by molar-refractivity contribution is -0.134. The lowest BCUT2D eigenvalue weighted by atomic mass is 9.98. The van der Waals surface area contributed by atoms with Crippen molar-refractivity contribution in [3.63, 3.8) is 0 Å². The average molecular weight is 421 g/mol. The molecule has 2 aromatic rings. The van der Waals surface area contributed by atoms with Crippen LogP contribution in [-0.4, -0.2) is 60.7 Å². The van der Waals surface area contributed by atoms with Gasteiger partial charge < -0.3 is 10.1 Å². The molecule has 1 fully saturated rings. The van der Waals surface area contributed by atoms with Gasteiger partial charge in [0.25, 0.3) is 5.91 Å². The maximum Gasteiger partial charge on any atom is 0.257 e. The van der Waals surface area contributed by atoms with Crippen molar-refractivity contribution in [1.29, 1.82) is 0 Å². The molecule has 2 amide bonds. The van der Waals surface area contributed by atoms with Gasteiger partial charge in [0.1, 0.15) is 5.75 Å². The normalized spacial score (nSPS) is 18.1. The number of likely N-dealkylation sites (N-methyl/N-ethyl adjacent to an activating group) is 1. The van der Waals surface area contributed by atoms with E-state index in [9.17, 15) is 9.59 Å². The maximum absolute atomic E-state index is 13.2. The lowest BCUT2D eigenvalue weighted by Gasteiger charge is -2.24. The summed E-state index contributed by atoms with van der Waals surface area (Å²) in [5.41, 5.74) is 2.88. The van der Waals surface area contributed by atoms with E-state index < -0.39 is 0 Å². The molecule has 0 unspecified atom stereocenters. The van der Waals surface area contributed by atoms with Crippen LogP contribution in [0, 0.1) is 0 Å². The lowest BCUT2D eigenvalue weighted by Crippen LogP contribution is -2.41. The Morgan fingerprint density at radius 1 is 1.10 bits per heavy atom. The van der Waals surface area contributed by atoms with Gasteiger partial charge in [-0.1, -0.05) is 42.5 Å². The van der Waals surface area contributed by atoms with E-state index in [1.807, 2.05) is 54.6 Å². The van der Waals surface area contributed by atoms with E-state index in [0.29, 0.717) is 12.5 Å². The minimum Gasteiger partial charge on any atom is -0.497 e. The van der Waals surface area contributed by atoms with Crippen molar-refractivity contribution in [2.75, 3.05) is 27.2 Å². The number of carbonyl (C=O) groups is 2. The highest BCUT2D eigenvalue weighted by Crippen LogP contribution is 2.33. The summed E-state index contributed by atoms with van der Waals surface area (Å²) in [6.07, 6.45) is 2.72. The highest BCUT2D eigenvalue weighted by Gasteiger charge is 2.33. The van der Waals surface area contributed by atoms with Crippen molar-refractivity contribution >= 4 is 17.5 Å². The van der Waals surface area contributed by atoms with Gasteiger partial charge in [-0.2, -0.15) is 5.10 Å². The Hall–Kier alpha value is -3.19. The standard InChI is InChI=1S/C24H28N4O3/c1-27(15-23(29)25-19-10-11-19)16-24(30)28-22(18-8-12-20(31-2)13-9-18)14-21(26-28)17-6-4-3-5-7-17/h3-9,12-13,19,22H,10-11,14-16H2,1-2H3,(H,25,29)/t22-/m0/s1. The number of hydrazone groups is 1. The molecule has 4 rings (SSSR count). The predicted octanol–water partition coefficient (Wildman–Crippen LogP) is 2.58. The van der Waals surface area contributed by atoms with Crippen molar-refractivity contribution < 1.29 is 14.3 Å². The van der Waals surface area contributed by atoms with Crippen molar-refractivity contribution in [2.45, 2.75) is 31.3 Å². The summed E-state index contributed by atoms with van der Waals surface area (Å²) >= 11 is 0. The van der Waals surface area contributed by atoms with Gasteiger partial charge in [-0.25, -0.2) is 5.01 Å². The number of carbonyl (C=O) groups excluding carboxylic acids is 2. The highest BCUT2D eigenvalue weighted by molar-refractivity contribution is 6.03. The van der Waals surface area contributed by atoms with Crippen LogP contribution in [0.4, 0.5) is 0 Å². The second-order valence-corrected chi connectivity index (χ2v) is 8.16. The second kappa shape index (κ2) is 9.31. The summed E-state index contributed by atoms with van der Waals surface area (Å²) in [5, 5.41) is 9.22. The molecule has 1 heterocycles. The van der Waals surface area contributed by atoms with Gasteiger partial charge in [0.2, 0.25) is 5.91 Å². The molecule has 1 atom stereocenters. The summed E-state index contributed by atoms with van der Waals surface area (Å²) in [5.74, 6) is 0.595. The fraction of sp³-hybridized carbons (Fsp3) is 0.375. The SMILES string of the molecule is COc1ccc([C@@H]2CC(c3ccccc3)=NN2C(=O)CN(C)CC(=O)NC2CC2)cc1. The Bertz CT molecular complexity index is 955. The third-order valence-corrected chi connectivity index (χ3v) is 5.53. The van der Waals surface area contributed by atoms with Gasteiger partial charge in [-0.15, -0.1) is 0 Å². The summed E-state index contributed by atoms with van der Waals surface area (Å²) in [4.78, 5) is 27.0. The first-order valence-corrected chi connectivity index (χ1v) is 10.6. The van der Waals surface area contributed by atoms with Crippen LogP contribution in [-0.2, 0) is 9.59 Å². The largest absolute Gasteiger partial charge is 0.497 e. The van der Waals surface area contributed by atoms with Gasteiger partial charge in [-0.3, -0.25) is 14.5 Å². The number of hydrogen-bond acceptors (Lipinski definition) is 5. The number of benzene rings is 2.